The van der Waals surface area contributed by atoms with Crippen LogP contribution in [0.3, 0.4) is 0 Å². The summed E-state index contributed by atoms with van der Waals surface area (Å²) in [5.74, 6) is -0.609. The zero-order valence-corrected chi connectivity index (χ0v) is 10.8. The van der Waals surface area contributed by atoms with Crippen LogP contribution in [0, 0.1) is 0 Å². The Kier molecular flexibility index (Phi) is 2.83. The van der Waals surface area contributed by atoms with E-state index in [1.165, 1.54) is 18.2 Å². The summed E-state index contributed by atoms with van der Waals surface area (Å²) in [6.45, 7) is 0. The van der Waals surface area contributed by atoms with Crippen LogP contribution in [-0.4, -0.2) is 17.6 Å². The van der Waals surface area contributed by atoms with Crippen molar-refractivity contribution in [2.75, 3.05) is 0 Å². The summed E-state index contributed by atoms with van der Waals surface area (Å²) in [4.78, 5) is 38.6. The normalized spacial score (nSPS) is 12.4. The number of nitrogens with zero attached hydrogens (tertiary/aromatic N) is 1. The Morgan fingerprint density at radius 1 is 0.900 bits per heavy atom. The fourth-order valence-electron chi connectivity index (χ4n) is 2.27. The highest BCUT2D eigenvalue weighted by Crippen LogP contribution is 2.36. The van der Waals surface area contributed by atoms with Gasteiger partial charge in [-0.1, -0.05) is 35.9 Å². The first kappa shape index (κ1) is 12.5. The lowest BCUT2D eigenvalue weighted by Crippen LogP contribution is -2.21. The van der Waals surface area contributed by atoms with Crippen molar-refractivity contribution in [2.24, 2.45) is 4.99 Å². The van der Waals surface area contributed by atoms with Crippen molar-refractivity contribution in [3.8, 4) is 0 Å². The molecule has 20 heavy (non-hydrogen) atoms. The molecule has 1 aliphatic carbocycles. The van der Waals surface area contributed by atoms with Crippen molar-refractivity contribution >= 4 is 34.9 Å². The first-order valence-corrected chi connectivity index (χ1v) is 6.11. The van der Waals surface area contributed by atoms with Gasteiger partial charge in [0.25, 0.3) is 0 Å². The van der Waals surface area contributed by atoms with Crippen molar-refractivity contribution in [1.29, 1.82) is 0 Å². The molecule has 0 saturated heterocycles. The SMILES string of the molecule is O=C=Nc1ccc2c(c1Cl)C(=O)c1ccccc1C2=O. The van der Waals surface area contributed by atoms with Crippen LogP contribution in [0.5, 0.6) is 0 Å². The van der Waals surface area contributed by atoms with Crippen molar-refractivity contribution in [2.45, 2.75) is 0 Å². The third-order valence-electron chi connectivity index (χ3n) is 3.18. The molecular weight excluding hydrogens is 278 g/mol. The number of rotatable bonds is 1. The van der Waals surface area contributed by atoms with Crippen molar-refractivity contribution < 1.29 is 14.4 Å². The Bertz CT molecular complexity index is 820. The van der Waals surface area contributed by atoms with Gasteiger partial charge in [-0.3, -0.25) is 9.59 Å². The number of hydrogen-bond acceptors (Lipinski definition) is 4. The molecule has 96 valence electrons. The highest BCUT2D eigenvalue weighted by molar-refractivity contribution is 6.40. The van der Waals surface area contributed by atoms with E-state index in [1.54, 1.807) is 24.3 Å². The summed E-state index contributed by atoms with van der Waals surface area (Å²) in [6.07, 6.45) is 1.37. The fraction of sp³-hybridized carbons (Fsp3) is 0. The molecule has 0 amide bonds. The zero-order chi connectivity index (χ0) is 14.3. The van der Waals surface area contributed by atoms with Gasteiger partial charge in [0.15, 0.2) is 11.6 Å². The maximum absolute atomic E-state index is 12.5. The minimum atomic E-state index is -0.344. The van der Waals surface area contributed by atoms with E-state index in [4.69, 9.17) is 11.6 Å². The molecule has 4 nitrogen and oxygen atoms in total. The predicted molar refractivity (Wildman–Crippen MR) is 72.5 cm³/mol. The lowest BCUT2D eigenvalue weighted by Gasteiger charge is -2.18. The number of benzene rings is 2. The van der Waals surface area contributed by atoms with E-state index in [0.29, 0.717) is 11.1 Å². The molecular formula is C15H6ClNO3. The van der Waals surface area contributed by atoms with E-state index in [0.717, 1.165) is 0 Å². The van der Waals surface area contributed by atoms with Gasteiger partial charge in [0.1, 0.15) is 0 Å². The van der Waals surface area contributed by atoms with Gasteiger partial charge >= 0.3 is 0 Å². The van der Waals surface area contributed by atoms with Gasteiger partial charge in [0.05, 0.1) is 16.3 Å². The summed E-state index contributed by atoms with van der Waals surface area (Å²) in [5.41, 5.74) is 1.10. The molecule has 0 fully saturated rings. The van der Waals surface area contributed by atoms with Gasteiger partial charge in [-0.25, -0.2) is 4.79 Å². The molecule has 0 spiro atoms. The van der Waals surface area contributed by atoms with Crippen LogP contribution in [-0.2, 0) is 4.79 Å². The third kappa shape index (κ3) is 1.63. The fourth-order valence-corrected chi connectivity index (χ4v) is 2.56. The largest absolute Gasteiger partial charge is 0.289 e. The summed E-state index contributed by atoms with van der Waals surface area (Å²) >= 11 is 6.09. The van der Waals surface area contributed by atoms with E-state index in [2.05, 4.69) is 4.99 Å². The van der Waals surface area contributed by atoms with Gasteiger partial charge in [0.2, 0.25) is 6.08 Å². The molecule has 0 aliphatic heterocycles. The standard InChI is InChI=1S/C15H6ClNO3/c16-13-11(17-7-18)6-5-10-12(13)15(20)9-4-2-1-3-8(9)14(10)19/h1-6H. The van der Waals surface area contributed by atoms with Gasteiger partial charge in [-0.2, -0.15) is 4.99 Å². The van der Waals surface area contributed by atoms with Gasteiger partial charge < -0.3 is 0 Å². The monoisotopic (exact) mass is 283 g/mol. The minimum absolute atomic E-state index is 0.00120. The quantitative estimate of drug-likeness (QED) is 0.509. The van der Waals surface area contributed by atoms with E-state index >= 15 is 0 Å². The smallest absolute Gasteiger partial charge is 0.240 e. The topological polar surface area (TPSA) is 63.6 Å². The Balaban J connectivity index is 2.34. The predicted octanol–water partition coefficient (Wildman–Crippen LogP) is 3.08. The first-order valence-electron chi connectivity index (χ1n) is 5.74. The van der Waals surface area contributed by atoms with E-state index < -0.39 is 0 Å². The van der Waals surface area contributed by atoms with Crippen LogP contribution in [0.4, 0.5) is 5.69 Å². The number of hydrogen-bond donors (Lipinski definition) is 0. The Labute approximate surface area is 118 Å². The van der Waals surface area contributed by atoms with Crippen LogP contribution < -0.4 is 0 Å². The van der Waals surface area contributed by atoms with Crippen LogP contribution in [0.2, 0.25) is 5.02 Å². The summed E-state index contributed by atoms with van der Waals surface area (Å²) in [7, 11) is 0. The van der Waals surface area contributed by atoms with Crippen LogP contribution >= 0.6 is 11.6 Å². The van der Waals surface area contributed by atoms with Gasteiger partial charge in [0, 0.05) is 16.7 Å². The number of carbonyl (C=O) groups is 2. The average molecular weight is 284 g/mol. The highest BCUT2D eigenvalue weighted by Gasteiger charge is 2.32. The molecule has 1 aliphatic rings. The second-order valence-corrected chi connectivity index (χ2v) is 4.61. The second-order valence-electron chi connectivity index (χ2n) is 4.23. The molecule has 0 N–H and O–H groups in total. The highest BCUT2D eigenvalue weighted by atomic mass is 35.5. The van der Waals surface area contributed by atoms with Gasteiger partial charge in [-0.05, 0) is 12.1 Å². The Morgan fingerprint density at radius 3 is 2.20 bits per heavy atom. The number of halogens is 1. The van der Waals surface area contributed by atoms with Crippen LogP contribution in [0.15, 0.2) is 41.4 Å². The average Bonchev–Trinajstić information content (AvgIpc) is 2.47. The van der Waals surface area contributed by atoms with Crippen molar-refractivity contribution in [3.05, 3.63) is 63.7 Å². The summed E-state index contributed by atoms with van der Waals surface area (Å²) in [5, 5.41) is -0.00120. The molecule has 2 aromatic rings. The minimum Gasteiger partial charge on any atom is -0.289 e. The summed E-state index contributed by atoms with van der Waals surface area (Å²) in [6, 6.07) is 9.42. The second kappa shape index (κ2) is 4.53. The number of aliphatic imine (C=N–C) groups is 1. The maximum Gasteiger partial charge on any atom is 0.240 e. The number of fused-ring (bicyclic) bond motifs is 2. The molecule has 3 rings (SSSR count). The van der Waals surface area contributed by atoms with Crippen LogP contribution in [0.25, 0.3) is 0 Å². The number of ketones is 2. The maximum atomic E-state index is 12.5. The molecule has 0 atom stereocenters. The molecule has 0 radical (unpaired) electrons. The molecule has 0 aromatic heterocycles. The van der Waals surface area contributed by atoms with E-state index in [1.807, 2.05) is 0 Å². The number of carbonyl (C=O) groups excluding carboxylic acids is 3. The molecule has 0 bridgehead atoms. The van der Waals surface area contributed by atoms with Crippen molar-refractivity contribution in [1.82, 2.24) is 0 Å². The lowest BCUT2D eigenvalue weighted by atomic mass is 9.84. The molecule has 2 aromatic carbocycles. The van der Waals surface area contributed by atoms with Crippen molar-refractivity contribution in [3.63, 3.8) is 0 Å². The Hall–Kier alpha value is -2.55. The van der Waals surface area contributed by atoms with Gasteiger partial charge in [-0.15, -0.1) is 0 Å². The molecule has 0 saturated carbocycles. The summed E-state index contributed by atoms with van der Waals surface area (Å²) < 4.78 is 0. The molecule has 5 heteroatoms. The lowest BCUT2D eigenvalue weighted by molar-refractivity contribution is 0.0979. The van der Waals surface area contributed by atoms with E-state index in [-0.39, 0.29) is 33.4 Å². The zero-order valence-electron chi connectivity index (χ0n) is 10.0. The number of isocyanates is 1. The first-order chi connectivity index (χ1) is 9.65. The Morgan fingerprint density at radius 2 is 1.55 bits per heavy atom. The molecule has 0 unspecified atom stereocenters. The molecule has 0 heterocycles. The third-order valence-corrected chi connectivity index (χ3v) is 3.56. The van der Waals surface area contributed by atoms with E-state index in [9.17, 15) is 14.4 Å². The van der Waals surface area contributed by atoms with Crippen LogP contribution in [0.1, 0.15) is 31.8 Å².